The van der Waals surface area contributed by atoms with Crippen molar-refractivity contribution < 1.29 is 31.5 Å². The molecule has 0 amide bonds. The highest BCUT2D eigenvalue weighted by Gasteiger charge is 2.39. The van der Waals surface area contributed by atoms with Crippen molar-refractivity contribution >= 4 is 5.78 Å². The Hall–Kier alpha value is -1.66. The number of hydrogen-bond acceptors (Lipinski definition) is 2. The Balaban J connectivity index is 2.95. The maximum atomic E-state index is 12.0. The normalized spacial score (nSPS) is 11.6. The number of ketones is 1. The molecular weight excluding hydrogens is 235 g/mol. The summed E-state index contributed by atoms with van der Waals surface area (Å²) in [6.45, 7) is -3.16. The molecule has 0 aliphatic rings. The number of ether oxygens (including phenoxy) is 1. The maximum absolute atomic E-state index is 12.0. The van der Waals surface area contributed by atoms with Crippen LogP contribution >= 0.6 is 0 Å². The number of benzene rings is 1. The summed E-state index contributed by atoms with van der Waals surface area (Å²) in [4.78, 5) is 10.7. The molecule has 0 unspecified atom stereocenters. The van der Waals surface area contributed by atoms with Crippen molar-refractivity contribution in [2.24, 2.45) is 0 Å². The Kier molecular flexibility index (Phi) is 3.46. The van der Waals surface area contributed by atoms with Crippen LogP contribution in [-0.4, -0.2) is 18.6 Å². The van der Waals surface area contributed by atoms with Crippen LogP contribution in [0.15, 0.2) is 24.3 Å². The zero-order chi connectivity index (χ0) is 12.3. The molecule has 0 bridgehead atoms. The van der Waals surface area contributed by atoms with Crippen molar-refractivity contribution in [1.29, 1.82) is 0 Å². The minimum atomic E-state index is -5.04. The monoisotopic (exact) mass is 240 g/mol. The van der Waals surface area contributed by atoms with E-state index in [-0.39, 0.29) is 0 Å². The lowest BCUT2D eigenvalue weighted by Crippen LogP contribution is -2.22. The van der Waals surface area contributed by atoms with E-state index < -0.39 is 29.9 Å². The third kappa shape index (κ3) is 3.18. The van der Waals surface area contributed by atoms with Gasteiger partial charge in [0.25, 0.3) is 5.78 Å². The largest absolute Gasteiger partial charge is 0.454 e. The van der Waals surface area contributed by atoms with E-state index in [1.165, 1.54) is 0 Å². The number of carbonyl (C=O) groups is 1. The van der Waals surface area contributed by atoms with E-state index in [4.69, 9.17) is 0 Å². The molecule has 0 aliphatic heterocycles. The zero-order valence-electron chi connectivity index (χ0n) is 7.59. The molecule has 0 spiro atoms. The Labute approximate surface area is 86.6 Å². The molecule has 0 saturated heterocycles. The average molecular weight is 240 g/mol. The number of alkyl halides is 5. The molecule has 1 aromatic carbocycles. The maximum Gasteiger partial charge on any atom is 0.454 e. The van der Waals surface area contributed by atoms with Gasteiger partial charge in [-0.3, -0.25) is 4.79 Å². The first-order chi connectivity index (χ1) is 7.30. The van der Waals surface area contributed by atoms with Gasteiger partial charge in [-0.1, -0.05) is 12.1 Å². The van der Waals surface area contributed by atoms with Gasteiger partial charge in [0.1, 0.15) is 5.75 Å². The fraction of sp³-hybridized carbons (Fsp3) is 0.222. The topological polar surface area (TPSA) is 26.3 Å². The van der Waals surface area contributed by atoms with Gasteiger partial charge in [-0.2, -0.15) is 22.0 Å². The van der Waals surface area contributed by atoms with E-state index in [2.05, 4.69) is 4.74 Å². The fourth-order valence-electron chi connectivity index (χ4n) is 0.977. The second-order valence-electron chi connectivity index (χ2n) is 2.73. The summed E-state index contributed by atoms with van der Waals surface area (Å²) < 4.78 is 63.4. The summed E-state index contributed by atoms with van der Waals surface area (Å²) in [6, 6.07) is 3.53. The van der Waals surface area contributed by atoms with Crippen molar-refractivity contribution in [2.45, 2.75) is 12.8 Å². The summed E-state index contributed by atoms with van der Waals surface area (Å²) in [5.74, 6) is -2.60. The summed E-state index contributed by atoms with van der Waals surface area (Å²) >= 11 is 0. The number of hydrogen-bond donors (Lipinski definition) is 0. The Bertz CT molecular complexity index is 386. The molecule has 2 nitrogen and oxygen atoms in total. The highest BCUT2D eigenvalue weighted by atomic mass is 19.4. The van der Waals surface area contributed by atoms with Gasteiger partial charge in [-0.25, -0.2) is 0 Å². The molecule has 7 heteroatoms. The van der Waals surface area contributed by atoms with Crippen LogP contribution < -0.4 is 4.74 Å². The lowest BCUT2D eigenvalue weighted by atomic mass is 10.1. The Morgan fingerprint density at radius 3 is 2.38 bits per heavy atom. The molecular formula is C9H5F5O2. The van der Waals surface area contributed by atoms with Crippen LogP contribution in [-0.2, 0) is 0 Å². The van der Waals surface area contributed by atoms with Gasteiger partial charge in [0, 0.05) is 5.56 Å². The van der Waals surface area contributed by atoms with Crippen LogP contribution in [0.1, 0.15) is 10.4 Å². The van der Waals surface area contributed by atoms with Crippen LogP contribution in [0, 0.1) is 0 Å². The van der Waals surface area contributed by atoms with Gasteiger partial charge in [-0.15, -0.1) is 0 Å². The van der Waals surface area contributed by atoms with Crippen LogP contribution in [0.2, 0.25) is 0 Å². The van der Waals surface area contributed by atoms with Gasteiger partial charge in [0.05, 0.1) is 0 Å². The van der Waals surface area contributed by atoms with Crippen molar-refractivity contribution in [2.75, 3.05) is 0 Å². The van der Waals surface area contributed by atoms with Crippen molar-refractivity contribution in [3.8, 4) is 5.75 Å². The molecule has 88 valence electrons. The number of Topliss-reactive ketones (excluding diaryl/α,β-unsaturated/α-hetero) is 1. The van der Waals surface area contributed by atoms with Crippen LogP contribution in [0.4, 0.5) is 22.0 Å². The summed E-state index contributed by atoms with van der Waals surface area (Å²) in [6.07, 6.45) is -5.04. The molecule has 0 fully saturated rings. The van der Waals surface area contributed by atoms with E-state index in [9.17, 15) is 26.7 Å². The first kappa shape index (κ1) is 12.4. The smallest absolute Gasteiger partial charge is 0.435 e. The molecule has 16 heavy (non-hydrogen) atoms. The van der Waals surface area contributed by atoms with Gasteiger partial charge >= 0.3 is 12.8 Å². The molecule has 0 radical (unpaired) electrons. The van der Waals surface area contributed by atoms with Gasteiger partial charge in [0.15, 0.2) is 0 Å². The molecule has 0 N–H and O–H groups in total. The fourth-order valence-corrected chi connectivity index (χ4v) is 0.977. The third-order valence-electron chi connectivity index (χ3n) is 1.58. The average Bonchev–Trinajstić information content (AvgIpc) is 2.14. The number of carbonyl (C=O) groups excluding carboxylic acids is 1. The highest BCUT2D eigenvalue weighted by molar-refractivity contribution is 6.00. The molecule has 0 aromatic heterocycles. The number of rotatable bonds is 3. The van der Waals surface area contributed by atoms with Gasteiger partial charge in [0.2, 0.25) is 0 Å². The van der Waals surface area contributed by atoms with Crippen molar-refractivity contribution in [3.63, 3.8) is 0 Å². The quantitative estimate of drug-likeness (QED) is 0.599. The molecule has 0 saturated carbocycles. The first-order valence-electron chi connectivity index (χ1n) is 3.97. The van der Waals surface area contributed by atoms with Crippen LogP contribution in [0.25, 0.3) is 0 Å². The van der Waals surface area contributed by atoms with Gasteiger partial charge < -0.3 is 4.74 Å². The standard InChI is InChI=1S/C9H5F5O2/c10-8(11)16-6-3-1-2-5(4-6)7(15)9(12,13)14/h1-4,8H. The first-order valence-corrected chi connectivity index (χ1v) is 3.97. The SMILES string of the molecule is O=C(c1cccc(OC(F)F)c1)C(F)(F)F. The van der Waals surface area contributed by atoms with Crippen molar-refractivity contribution in [3.05, 3.63) is 29.8 Å². The van der Waals surface area contributed by atoms with E-state index in [0.29, 0.717) is 6.07 Å². The predicted molar refractivity (Wildman–Crippen MR) is 43.5 cm³/mol. The minimum Gasteiger partial charge on any atom is -0.435 e. The summed E-state index contributed by atoms with van der Waals surface area (Å²) in [5, 5.41) is 0. The van der Waals surface area contributed by atoms with E-state index in [0.717, 1.165) is 18.2 Å². The van der Waals surface area contributed by atoms with Crippen molar-refractivity contribution in [1.82, 2.24) is 0 Å². The number of halogens is 5. The Morgan fingerprint density at radius 2 is 1.88 bits per heavy atom. The summed E-state index contributed by atoms with van der Waals surface area (Å²) in [5.41, 5.74) is -0.745. The molecule has 0 atom stereocenters. The molecule has 0 heterocycles. The highest BCUT2D eigenvalue weighted by Crippen LogP contribution is 2.24. The lowest BCUT2D eigenvalue weighted by molar-refractivity contribution is -0.0885. The summed E-state index contributed by atoms with van der Waals surface area (Å²) in [7, 11) is 0. The van der Waals surface area contributed by atoms with Crippen LogP contribution in [0.3, 0.4) is 0 Å². The second kappa shape index (κ2) is 4.46. The molecule has 0 aliphatic carbocycles. The van der Waals surface area contributed by atoms with E-state index in [1.54, 1.807) is 0 Å². The third-order valence-corrected chi connectivity index (χ3v) is 1.58. The second-order valence-corrected chi connectivity index (χ2v) is 2.73. The van der Waals surface area contributed by atoms with E-state index in [1.807, 2.05) is 0 Å². The van der Waals surface area contributed by atoms with Crippen LogP contribution in [0.5, 0.6) is 5.75 Å². The Morgan fingerprint density at radius 1 is 1.25 bits per heavy atom. The molecule has 1 rings (SSSR count). The minimum absolute atomic E-state index is 0.495. The van der Waals surface area contributed by atoms with E-state index >= 15 is 0 Å². The zero-order valence-corrected chi connectivity index (χ0v) is 7.59. The van der Waals surface area contributed by atoms with Gasteiger partial charge in [-0.05, 0) is 12.1 Å². The lowest BCUT2D eigenvalue weighted by Gasteiger charge is -2.07. The molecule has 1 aromatic rings. The predicted octanol–water partition coefficient (Wildman–Crippen LogP) is 3.03.